The Hall–Kier alpha value is -3.60. The van der Waals surface area contributed by atoms with Crippen molar-refractivity contribution in [2.45, 2.75) is 24.4 Å². The summed E-state index contributed by atoms with van der Waals surface area (Å²) in [5.41, 5.74) is 2.95. The van der Waals surface area contributed by atoms with Crippen molar-refractivity contribution in [3.8, 4) is 0 Å². The minimum Gasteiger partial charge on any atom is -0.322 e. The van der Waals surface area contributed by atoms with Crippen LogP contribution in [0.2, 0.25) is 0 Å². The number of aromatic nitrogens is 1. The van der Waals surface area contributed by atoms with Gasteiger partial charge in [-0.05, 0) is 55.0 Å². The third-order valence-electron chi connectivity index (χ3n) is 4.74. The lowest BCUT2D eigenvalue weighted by Crippen LogP contribution is -2.46. The minimum atomic E-state index is -4.13. The predicted octanol–water partition coefficient (Wildman–Crippen LogP) is 2.42. The first-order valence-electron chi connectivity index (χ1n) is 9.64. The van der Waals surface area contributed by atoms with E-state index in [-0.39, 0.29) is 17.3 Å². The molecule has 10 heteroatoms. The number of rotatable bonds is 8. The van der Waals surface area contributed by atoms with E-state index in [1.54, 1.807) is 48.7 Å². The third-order valence-corrected chi connectivity index (χ3v) is 6.67. The summed E-state index contributed by atoms with van der Waals surface area (Å²) in [6, 6.07) is 16.4. The third kappa shape index (κ3) is 5.35. The second kappa shape index (κ2) is 10.1. The number of hydroxylamine groups is 1. The van der Waals surface area contributed by atoms with Gasteiger partial charge < -0.3 is 5.32 Å². The van der Waals surface area contributed by atoms with E-state index in [2.05, 4.69) is 10.3 Å². The number of anilines is 1. The highest BCUT2D eigenvalue weighted by Gasteiger charge is 2.33. The summed E-state index contributed by atoms with van der Waals surface area (Å²) >= 11 is 0. The number of carbonyl (C=O) groups is 2. The SMILES string of the molecule is C[C@H](C(=O)NO)N(Cc1cccnc1)S(=O)(=O)c1ccc(NC(=O)c2ccccc2)cc1. The Balaban J connectivity index is 1.85. The highest BCUT2D eigenvalue weighted by atomic mass is 32.2. The van der Waals surface area contributed by atoms with Crippen LogP contribution in [0, 0.1) is 0 Å². The van der Waals surface area contributed by atoms with E-state index < -0.39 is 22.0 Å². The summed E-state index contributed by atoms with van der Waals surface area (Å²) in [6.07, 6.45) is 3.04. The molecule has 0 unspecified atom stereocenters. The molecule has 0 radical (unpaired) electrons. The van der Waals surface area contributed by atoms with Crippen LogP contribution < -0.4 is 10.8 Å². The van der Waals surface area contributed by atoms with Gasteiger partial charge in [0.25, 0.3) is 11.8 Å². The fourth-order valence-corrected chi connectivity index (χ4v) is 4.55. The van der Waals surface area contributed by atoms with Crippen LogP contribution in [0.4, 0.5) is 5.69 Å². The molecular weight excluding hydrogens is 432 g/mol. The molecule has 2 amide bonds. The number of carbonyl (C=O) groups excluding carboxylic acids is 2. The second-order valence-corrected chi connectivity index (χ2v) is 8.80. The molecule has 166 valence electrons. The lowest BCUT2D eigenvalue weighted by Gasteiger charge is -2.27. The van der Waals surface area contributed by atoms with Crippen LogP contribution in [0.1, 0.15) is 22.8 Å². The molecule has 3 N–H and O–H groups in total. The van der Waals surface area contributed by atoms with Crippen molar-refractivity contribution >= 4 is 27.5 Å². The average Bonchev–Trinajstić information content (AvgIpc) is 2.83. The molecular formula is C22H22N4O5S. The summed E-state index contributed by atoms with van der Waals surface area (Å²) in [4.78, 5) is 28.2. The van der Waals surface area contributed by atoms with Crippen LogP contribution >= 0.6 is 0 Å². The number of nitrogens with one attached hydrogen (secondary N) is 2. The molecule has 0 spiro atoms. The smallest absolute Gasteiger partial charge is 0.261 e. The van der Waals surface area contributed by atoms with E-state index in [1.807, 2.05) is 0 Å². The molecule has 0 aliphatic rings. The zero-order valence-corrected chi connectivity index (χ0v) is 18.0. The molecule has 2 aromatic carbocycles. The van der Waals surface area contributed by atoms with E-state index in [1.165, 1.54) is 42.9 Å². The molecule has 3 rings (SSSR count). The Labute approximate surface area is 185 Å². The Morgan fingerprint density at radius 2 is 1.72 bits per heavy atom. The van der Waals surface area contributed by atoms with Gasteiger partial charge in [0.2, 0.25) is 10.0 Å². The molecule has 0 bridgehead atoms. The minimum absolute atomic E-state index is 0.0725. The molecule has 0 aliphatic heterocycles. The predicted molar refractivity (Wildman–Crippen MR) is 117 cm³/mol. The van der Waals surface area contributed by atoms with Gasteiger partial charge in [0.15, 0.2) is 0 Å². The quantitative estimate of drug-likeness (QED) is 0.354. The second-order valence-electron chi connectivity index (χ2n) is 6.91. The molecule has 32 heavy (non-hydrogen) atoms. The maximum atomic E-state index is 13.3. The fourth-order valence-electron chi connectivity index (χ4n) is 2.96. The largest absolute Gasteiger partial charge is 0.322 e. The number of nitrogens with zero attached hydrogens (tertiary/aromatic N) is 2. The van der Waals surface area contributed by atoms with Crippen LogP contribution in [0.15, 0.2) is 84.0 Å². The van der Waals surface area contributed by atoms with Gasteiger partial charge in [-0.25, -0.2) is 13.9 Å². The van der Waals surface area contributed by atoms with Gasteiger partial charge in [-0.2, -0.15) is 4.31 Å². The van der Waals surface area contributed by atoms with Crippen molar-refractivity contribution in [2.75, 3.05) is 5.32 Å². The van der Waals surface area contributed by atoms with Gasteiger partial charge >= 0.3 is 0 Å². The first-order chi connectivity index (χ1) is 15.3. The molecule has 9 nitrogen and oxygen atoms in total. The zero-order valence-electron chi connectivity index (χ0n) is 17.2. The molecule has 1 heterocycles. The van der Waals surface area contributed by atoms with E-state index in [9.17, 15) is 18.0 Å². The van der Waals surface area contributed by atoms with E-state index >= 15 is 0 Å². The Kier molecular flexibility index (Phi) is 7.31. The maximum Gasteiger partial charge on any atom is 0.261 e. The first-order valence-corrected chi connectivity index (χ1v) is 11.1. The molecule has 0 fully saturated rings. The normalized spacial score (nSPS) is 12.2. The average molecular weight is 455 g/mol. The van der Waals surface area contributed by atoms with E-state index in [0.717, 1.165) is 4.31 Å². The molecule has 3 aromatic rings. The molecule has 0 saturated carbocycles. The fraction of sp³-hybridized carbons (Fsp3) is 0.136. The van der Waals surface area contributed by atoms with Gasteiger partial charge in [0.1, 0.15) is 6.04 Å². The van der Waals surface area contributed by atoms with Gasteiger partial charge in [0.05, 0.1) is 4.90 Å². The van der Waals surface area contributed by atoms with E-state index in [4.69, 9.17) is 5.21 Å². The standard InChI is InChI=1S/C22H22N4O5S/c1-16(21(27)25-29)26(15-17-6-5-13-23-14-17)32(30,31)20-11-9-19(10-12-20)24-22(28)18-7-3-2-4-8-18/h2-14,16,29H,15H2,1H3,(H,24,28)(H,25,27)/t16-/m1/s1. The number of hydrogen-bond donors (Lipinski definition) is 3. The summed E-state index contributed by atoms with van der Waals surface area (Å²) in [5.74, 6) is -1.20. The molecule has 0 aliphatic carbocycles. The Morgan fingerprint density at radius 1 is 1.03 bits per heavy atom. The van der Waals surface area contributed by atoms with Gasteiger partial charge in [-0.1, -0.05) is 24.3 Å². The molecule has 1 aromatic heterocycles. The van der Waals surface area contributed by atoms with Gasteiger partial charge in [-0.3, -0.25) is 19.8 Å². The summed E-state index contributed by atoms with van der Waals surface area (Å²) in [7, 11) is -4.13. The van der Waals surface area contributed by atoms with Gasteiger partial charge in [-0.15, -0.1) is 0 Å². The highest BCUT2D eigenvalue weighted by molar-refractivity contribution is 7.89. The Bertz CT molecular complexity index is 1170. The summed E-state index contributed by atoms with van der Waals surface area (Å²) in [5, 5.41) is 11.7. The number of sulfonamides is 1. The van der Waals surface area contributed by atoms with Crippen molar-refractivity contribution in [1.82, 2.24) is 14.8 Å². The number of pyridine rings is 1. The van der Waals surface area contributed by atoms with Crippen LogP contribution in [-0.2, 0) is 21.4 Å². The topological polar surface area (TPSA) is 129 Å². The molecule has 1 atom stereocenters. The number of benzene rings is 2. The highest BCUT2D eigenvalue weighted by Crippen LogP contribution is 2.23. The van der Waals surface area contributed by atoms with Crippen LogP contribution in [0.3, 0.4) is 0 Å². The van der Waals surface area contributed by atoms with Crippen LogP contribution in [0.5, 0.6) is 0 Å². The van der Waals surface area contributed by atoms with Crippen molar-refractivity contribution in [3.05, 3.63) is 90.3 Å². The molecule has 0 saturated heterocycles. The lowest BCUT2D eigenvalue weighted by molar-refractivity contribution is -0.132. The Morgan fingerprint density at radius 3 is 2.31 bits per heavy atom. The number of amides is 2. The van der Waals surface area contributed by atoms with Crippen LogP contribution in [0.25, 0.3) is 0 Å². The zero-order chi connectivity index (χ0) is 23.1. The van der Waals surface area contributed by atoms with Crippen molar-refractivity contribution in [1.29, 1.82) is 0 Å². The van der Waals surface area contributed by atoms with Gasteiger partial charge in [0, 0.05) is 30.2 Å². The van der Waals surface area contributed by atoms with E-state index in [0.29, 0.717) is 16.8 Å². The summed E-state index contributed by atoms with van der Waals surface area (Å²) < 4.78 is 27.6. The van der Waals surface area contributed by atoms with Crippen LogP contribution in [-0.4, -0.2) is 40.8 Å². The summed E-state index contributed by atoms with van der Waals surface area (Å²) in [6.45, 7) is 1.24. The van der Waals surface area contributed by atoms with Crippen molar-refractivity contribution < 1.29 is 23.2 Å². The lowest BCUT2D eigenvalue weighted by atomic mass is 10.2. The first kappa shape index (κ1) is 23.1. The maximum absolute atomic E-state index is 13.3. The van der Waals surface area contributed by atoms with Crippen molar-refractivity contribution in [3.63, 3.8) is 0 Å². The number of hydrogen-bond acceptors (Lipinski definition) is 6. The van der Waals surface area contributed by atoms with Crippen molar-refractivity contribution in [2.24, 2.45) is 0 Å². The monoisotopic (exact) mass is 454 g/mol.